The molecule has 5 heteroatoms. The van der Waals surface area contributed by atoms with Crippen LogP contribution in [0.15, 0.2) is 4.99 Å². The van der Waals surface area contributed by atoms with E-state index in [4.69, 9.17) is 5.73 Å². The van der Waals surface area contributed by atoms with E-state index < -0.39 is 18.0 Å². The Kier molecular flexibility index (Phi) is 1.27. The van der Waals surface area contributed by atoms with E-state index in [0.29, 0.717) is 0 Å². The summed E-state index contributed by atoms with van der Waals surface area (Å²) in [5.74, 6) is -0.505. The van der Waals surface area contributed by atoms with Gasteiger partial charge in [0.25, 0.3) is 5.91 Å². The molecule has 0 aliphatic carbocycles. The molecule has 1 aliphatic heterocycles. The van der Waals surface area contributed by atoms with Gasteiger partial charge in [-0.05, 0) is 0 Å². The second-order valence-corrected chi connectivity index (χ2v) is 1.60. The van der Waals surface area contributed by atoms with Crippen LogP contribution in [-0.4, -0.2) is 24.2 Å². The van der Waals surface area contributed by atoms with Crippen LogP contribution >= 0.6 is 0 Å². The molecule has 0 bridgehead atoms. The molecule has 3 amide bonds. The number of carbonyl (C=O) groups excluding carboxylic acids is 2. The molecular formula is C4H5N3O2. The van der Waals surface area contributed by atoms with E-state index in [-0.39, 0.29) is 0 Å². The van der Waals surface area contributed by atoms with Crippen molar-refractivity contribution >= 4 is 18.2 Å². The Morgan fingerprint density at radius 1 is 1.67 bits per heavy atom. The van der Waals surface area contributed by atoms with E-state index in [2.05, 4.69) is 4.99 Å². The zero-order valence-corrected chi connectivity index (χ0v) is 4.50. The van der Waals surface area contributed by atoms with Crippen LogP contribution < -0.4 is 11.1 Å². The first-order valence-corrected chi connectivity index (χ1v) is 2.35. The van der Waals surface area contributed by atoms with Gasteiger partial charge in [-0.1, -0.05) is 0 Å². The topological polar surface area (TPSA) is 84.5 Å². The van der Waals surface area contributed by atoms with Gasteiger partial charge in [-0.25, -0.2) is 9.79 Å². The molecule has 48 valence electrons. The summed E-state index contributed by atoms with van der Waals surface area (Å²) in [5.41, 5.74) is 5.13. The van der Waals surface area contributed by atoms with Gasteiger partial charge in [0, 0.05) is 6.21 Å². The average molecular weight is 127 g/mol. The Morgan fingerprint density at radius 2 is 2.33 bits per heavy atom. The van der Waals surface area contributed by atoms with Gasteiger partial charge < -0.3 is 5.73 Å². The van der Waals surface area contributed by atoms with Gasteiger partial charge >= 0.3 is 6.03 Å². The summed E-state index contributed by atoms with van der Waals surface area (Å²) >= 11 is 0. The molecule has 0 radical (unpaired) electrons. The molecule has 3 N–H and O–H groups in total. The first-order valence-electron chi connectivity index (χ1n) is 2.35. The largest absolute Gasteiger partial charge is 0.347 e. The van der Waals surface area contributed by atoms with Gasteiger partial charge in [0.2, 0.25) is 0 Å². The van der Waals surface area contributed by atoms with Crippen molar-refractivity contribution in [1.82, 2.24) is 5.32 Å². The summed E-state index contributed by atoms with van der Waals surface area (Å²) in [6, 6.07) is -1.43. The van der Waals surface area contributed by atoms with Crippen LogP contribution in [0.1, 0.15) is 0 Å². The number of nitrogens with zero attached hydrogens (tertiary/aromatic N) is 1. The smallest absolute Gasteiger partial charge is 0.315 e. The van der Waals surface area contributed by atoms with Gasteiger partial charge in [0.15, 0.2) is 0 Å². The molecular weight excluding hydrogens is 122 g/mol. The molecule has 9 heavy (non-hydrogen) atoms. The third-order valence-electron chi connectivity index (χ3n) is 0.885. The molecule has 0 aromatic carbocycles. The Bertz CT molecular complexity index is 186. The zero-order valence-electron chi connectivity index (χ0n) is 4.50. The quantitative estimate of drug-likeness (QED) is 0.421. The van der Waals surface area contributed by atoms with E-state index in [1.165, 1.54) is 0 Å². The summed E-state index contributed by atoms with van der Waals surface area (Å²) in [6.45, 7) is 0. The normalized spacial score (nSPS) is 26.1. The minimum atomic E-state index is -0.775. The maximum atomic E-state index is 10.5. The first kappa shape index (κ1) is 5.90. The number of nitrogens with one attached hydrogen (secondary N) is 1. The first-order chi connectivity index (χ1) is 4.20. The fraction of sp³-hybridized carbons (Fsp3) is 0.250. The standard InChI is InChI=1S/C4H5N3O2/c5-2-1-6-4(9)7-3(2)8/h1-2H,5H2,(H,7,8,9). The Labute approximate surface area is 50.9 Å². The van der Waals surface area contributed by atoms with E-state index >= 15 is 0 Å². The van der Waals surface area contributed by atoms with Crippen molar-refractivity contribution in [2.24, 2.45) is 10.7 Å². The number of hydrogen-bond acceptors (Lipinski definition) is 3. The highest BCUT2D eigenvalue weighted by atomic mass is 16.2. The van der Waals surface area contributed by atoms with Crippen LogP contribution in [0.5, 0.6) is 0 Å². The molecule has 0 saturated heterocycles. The van der Waals surface area contributed by atoms with Crippen molar-refractivity contribution in [3.8, 4) is 0 Å². The Morgan fingerprint density at radius 3 is 2.78 bits per heavy atom. The van der Waals surface area contributed by atoms with Gasteiger partial charge in [0.05, 0.1) is 0 Å². The minimum Gasteiger partial charge on any atom is -0.315 e. The fourth-order valence-corrected chi connectivity index (χ4v) is 0.437. The summed E-state index contributed by atoms with van der Waals surface area (Å²) in [7, 11) is 0. The predicted molar refractivity (Wildman–Crippen MR) is 30.0 cm³/mol. The SMILES string of the molecule is NC1C=NC(=O)NC1=O. The zero-order chi connectivity index (χ0) is 6.85. The highest BCUT2D eigenvalue weighted by Crippen LogP contribution is 1.84. The van der Waals surface area contributed by atoms with Gasteiger partial charge in [0.1, 0.15) is 6.04 Å². The second-order valence-electron chi connectivity index (χ2n) is 1.60. The number of urea groups is 1. The van der Waals surface area contributed by atoms with E-state index in [1.54, 1.807) is 0 Å². The third kappa shape index (κ3) is 1.11. The monoisotopic (exact) mass is 127 g/mol. The van der Waals surface area contributed by atoms with Crippen molar-refractivity contribution in [2.75, 3.05) is 0 Å². The van der Waals surface area contributed by atoms with Crippen molar-refractivity contribution in [2.45, 2.75) is 6.04 Å². The molecule has 0 spiro atoms. The van der Waals surface area contributed by atoms with Crippen molar-refractivity contribution in [3.05, 3.63) is 0 Å². The van der Waals surface area contributed by atoms with E-state index in [9.17, 15) is 9.59 Å². The molecule has 1 aliphatic rings. The number of amides is 3. The molecule has 1 unspecified atom stereocenters. The van der Waals surface area contributed by atoms with Crippen LogP contribution in [0.25, 0.3) is 0 Å². The fourth-order valence-electron chi connectivity index (χ4n) is 0.437. The third-order valence-corrected chi connectivity index (χ3v) is 0.885. The van der Waals surface area contributed by atoms with E-state index in [0.717, 1.165) is 6.21 Å². The molecule has 1 atom stereocenters. The van der Waals surface area contributed by atoms with Gasteiger partial charge in [-0.3, -0.25) is 10.1 Å². The maximum absolute atomic E-state index is 10.5. The summed E-state index contributed by atoms with van der Waals surface area (Å²) in [5, 5.41) is 1.93. The number of hydrogen-bond donors (Lipinski definition) is 2. The average Bonchev–Trinajstić information content (AvgIpc) is 1.80. The minimum absolute atomic E-state index is 0.505. The highest BCUT2D eigenvalue weighted by molar-refractivity contribution is 6.11. The lowest BCUT2D eigenvalue weighted by Crippen LogP contribution is -2.47. The molecule has 1 rings (SSSR count). The van der Waals surface area contributed by atoms with Crippen molar-refractivity contribution < 1.29 is 9.59 Å². The lowest BCUT2D eigenvalue weighted by atomic mass is 10.3. The van der Waals surface area contributed by atoms with Crippen molar-refractivity contribution in [3.63, 3.8) is 0 Å². The molecule has 5 nitrogen and oxygen atoms in total. The Hall–Kier alpha value is -1.23. The van der Waals surface area contributed by atoms with Crippen LogP contribution in [0.2, 0.25) is 0 Å². The lowest BCUT2D eigenvalue weighted by Gasteiger charge is -2.08. The highest BCUT2D eigenvalue weighted by Gasteiger charge is 2.17. The molecule has 0 fully saturated rings. The molecule has 1 heterocycles. The number of carbonyl (C=O) groups is 2. The summed E-state index contributed by atoms with van der Waals surface area (Å²) in [4.78, 5) is 23.9. The van der Waals surface area contributed by atoms with Crippen LogP contribution in [0.3, 0.4) is 0 Å². The second kappa shape index (κ2) is 1.94. The predicted octanol–water partition coefficient (Wildman–Crippen LogP) is -1.37. The van der Waals surface area contributed by atoms with Gasteiger partial charge in [-0.2, -0.15) is 0 Å². The number of aliphatic imine (C=N–C) groups is 1. The van der Waals surface area contributed by atoms with Crippen molar-refractivity contribution in [1.29, 1.82) is 0 Å². The number of nitrogens with two attached hydrogens (primary N) is 1. The van der Waals surface area contributed by atoms with Crippen LogP contribution in [0.4, 0.5) is 4.79 Å². The van der Waals surface area contributed by atoms with Gasteiger partial charge in [-0.15, -0.1) is 0 Å². The molecule has 0 aromatic rings. The van der Waals surface area contributed by atoms with E-state index in [1.807, 2.05) is 5.32 Å². The lowest BCUT2D eigenvalue weighted by molar-refractivity contribution is -0.119. The number of imide groups is 1. The van der Waals surface area contributed by atoms with Crippen LogP contribution in [0, 0.1) is 0 Å². The van der Waals surface area contributed by atoms with Crippen LogP contribution in [-0.2, 0) is 4.79 Å². The summed E-state index contributed by atoms with van der Waals surface area (Å²) in [6.07, 6.45) is 1.11. The summed E-state index contributed by atoms with van der Waals surface area (Å²) < 4.78 is 0. The number of rotatable bonds is 0. The Balaban J connectivity index is 2.76. The molecule has 0 aromatic heterocycles. The molecule has 0 saturated carbocycles. The maximum Gasteiger partial charge on any atom is 0.347 e.